The minimum atomic E-state index is -4.22. The number of rotatable bonds is 6. The molecular formula is C25H23N3O5S3. The van der Waals surface area contributed by atoms with Crippen molar-refractivity contribution in [1.82, 2.24) is 14.7 Å². The molecule has 0 spiro atoms. The van der Waals surface area contributed by atoms with E-state index in [-0.39, 0.29) is 17.0 Å². The van der Waals surface area contributed by atoms with Crippen LogP contribution in [0.2, 0.25) is 0 Å². The Bertz CT molecular complexity index is 1510. The molecule has 1 amide bonds. The number of hydrogen-bond donors (Lipinski definition) is 1. The van der Waals surface area contributed by atoms with Gasteiger partial charge < -0.3 is 4.74 Å². The largest absolute Gasteiger partial charge is 0.490 e. The van der Waals surface area contributed by atoms with Crippen LogP contribution in [0.15, 0.2) is 53.6 Å². The number of thiocarbonyl (C=S) groups is 1. The highest BCUT2D eigenvalue weighted by Crippen LogP contribution is 2.39. The van der Waals surface area contributed by atoms with Gasteiger partial charge in [-0.25, -0.2) is 4.68 Å². The summed E-state index contributed by atoms with van der Waals surface area (Å²) in [5, 5.41) is 4.86. The zero-order valence-corrected chi connectivity index (χ0v) is 22.0. The van der Waals surface area contributed by atoms with Crippen LogP contribution in [0.5, 0.6) is 5.75 Å². The molecule has 0 saturated carbocycles. The van der Waals surface area contributed by atoms with E-state index in [2.05, 4.69) is 6.07 Å². The molecule has 0 aliphatic carbocycles. The second-order valence-electron chi connectivity index (χ2n) is 8.75. The Morgan fingerprint density at radius 1 is 1.28 bits per heavy atom. The molecule has 2 aromatic carbocycles. The fraction of sp³-hybridized carbons (Fsp3) is 0.240. The Morgan fingerprint density at radius 2 is 2.03 bits per heavy atom. The van der Waals surface area contributed by atoms with Gasteiger partial charge in [0.15, 0.2) is 0 Å². The van der Waals surface area contributed by atoms with Gasteiger partial charge in [-0.05, 0) is 55.3 Å². The van der Waals surface area contributed by atoms with Crippen molar-refractivity contribution in [3.8, 4) is 22.7 Å². The summed E-state index contributed by atoms with van der Waals surface area (Å²) in [6.45, 7) is 3.84. The summed E-state index contributed by atoms with van der Waals surface area (Å²) in [4.78, 5) is 14.6. The number of aromatic nitrogens is 2. The Morgan fingerprint density at radius 3 is 2.75 bits per heavy atom. The molecule has 1 saturated heterocycles. The lowest BCUT2D eigenvalue weighted by molar-refractivity contribution is -0.121. The van der Waals surface area contributed by atoms with Crippen LogP contribution in [-0.4, -0.2) is 56.3 Å². The molecule has 36 heavy (non-hydrogen) atoms. The molecule has 0 radical (unpaired) electrons. The van der Waals surface area contributed by atoms with Gasteiger partial charge in [0, 0.05) is 30.3 Å². The Labute approximate surface area is 218 Å². The molecule has 0 bridgehead atoms. The lowest BCUT2D eigenvalue weighted by Gasteiger charge is -2.12. The van der Waals surface area contributed by atoms with Crippen molar-refractivity contribution < 1.29 is 22.5 Å². The minimum Gasteiger partial charge on any atom is -0.490 e. The smallest absolute Gasteiger partial charge is 0.266 e. The van der Waals surface area contributed by atoms with Gasteiger partial charge in [0.1, 0.15) is 21.9 Å². The van der Waals surface area contributed by atoms with Gasteiger partial charge in [0.25, 0.3) is 16.0 Å². The predicted octanol–water partition coefficient (Wildman–Crippen LogP) is 4.26. The van der Waals surface area contributed by atoms with Crippen LogP contribution in [0.1, 0.15) is 23.6 Å². The molecule has 1 unspecified atom stereocenters. The van der Waals surface area contributed by atoms with Crippen LogP contribution >= 0.6 is 24.0 Å². The number of aryl methyl sites for hydroxylation is 1. The number of hydrogen-bond acceptors (Lipinski definition) is 7. The molecule has 3 heterocycles. The summed E-state index contributed by atoms with van der Waals surface area (Å²) in [6, 6.07) is 13.8. The zero-order valence-electron chi connectivity index (χ0n) is 19.5. The van der Waals surface area contributed by atoms with Crippen molar-refractivity contribution in [2.75, 3.05) is 12.3 Å². The number of nitrogens with zero attached hydrogens (tertiary/aromatic N) is 3. The summed E-state index contributed by atoms with van der Waals surface area (Å²) < 4.78 is 39.4. The zero-order chi connectivity index (χ0) is 25.6. The quantitative estimate of drug-likeness (QED) is 0.281. The van der Waals surface area contributed by atoms with E-state index >= 15 is 0 Å². The molecule has 2 aliphatic rings. The van der Waals surface area contributed by atoms with Gasteiger partial charge in [-0.3, -0.25) is 14.2 Å². The van der Waals surface area contributed by atoms with Crippen LogP contribution in [0.25, 0.3) is 23.0 Å². The number of ether oxygens (including phenoxy) is 1. The first kappa shape index (κ1) is 24.7. The Kier molecular flexibility index (Phi) is 6.50. The van der Waals surface area contributed by atoms with Crippen LogP contribution in [0, 0.1) is 6.92 Å². The maximum atomic E-state index is 13.0. The first-order valence-electron chi connectivity index (χ1n) is 11.3. The maximum Gasteiger partial charge on any atom is 0.266 e. The van der Waals surface area contributed by atoms with Gasteiger partial charge in [-0.15, -0.1) is 0 Å². The van der Waals surface area contributed by atoms with Crippen molar-refractivity contribution in [2.24, 2.45) is 0 Å². The van der Waals surface area contributed by atoms with E-state index < -0.39 is 21.8 Å². The summed E-state index contributed by atoms with van der Waals surface area (Å²) in [6.07, 6.45) is 4.51. The van der Waals surface area contributed by atoms with Crippen LogP contribution in [-0.2, 0) is 21.3 Å². The number of para-hydroxylation sites is 1. The van der Waals surface area contributed by atoms with Crippen LogP contribution in [0.3, 0.4) is 0 Å². The van der Waals surface area contributed by atoms with E-state index in [0.29, 0.717) is 10.6 Å². The summed E-state index contributed by atoms with van der Waals surface area (Å²) in [5.74, 6) is -0.0758. The van der Waals surface area contributed by atoms with Crippen molar-refractivity contribution in [3.05, 3.63) is 70.3 Å². The van der Waals surface area contributed by atoms with Gasteiger partial charge in [0.2, 0.25) is 0 Å². The number of amides is 1. The fourth-order valence-electron chi connectivity index (χ4n) is 4.33. The van der Waals surface area contributed by atoms with Crippen molar-refractivity contribution in [1.29, 1.82) is 0 Å². The summed E-state index contributed by atoms with van der Waals surface area (Å²) in [7, 11) is -4.22. The van der Waals surface area contributed by atoms with Crippen molar-refractivity contribution in [3.63, 3.8) is 0 Å². The molecule has 8 nitrogen and oxygen atoms in total. The van der Waals surface area contributed by atoms with Gasteiger partial charge >= 0.3 is 0 Å². The molecule has 5 rings (SSSR count). The average Bonchev–Trinajstić information content (AvgIpc) is 3.48. The molecule has 11 heteroatoms. The Hall–Kier alpha value is -2.99. The maximum absolute atomic E-state index is 13.0. The van der Waals surface area contributed by atoms with Crippen molar-refractivity contribution >= 4 is 50.4 Å². The van der Waals surface area contributed by atoms with Crippen LogP contribution in [0.4, 0.5) is 0 Å². The first-order chi connectivity index (χ1) is 17.1. The molecule has 1 fully saturated rings. The van der Waals surface area contributed by atoms with E-state index in [1.165, 1.54) is 4.90 Å². The number of thioether (sulfide) groups is 1. The van der Waals surface area contributed by atoms with Crippen LogP contribution < -0.4 is 4.74 Å². The number of benzene rings is 2. The van der Waals surface area contributed by atoms with E-state index in [9.17, 15) is 13.2 Å². The SMILES string of the molecule is Cc1cc(-c2nn(-c3ccccc3)cc2C=C2SC(=S)N(CCS(=O)(=O)O)C2=O)cc2c1OC(C)C2. The number of fused-ring (bicyclic) bond motifs is 1. The molecule has 1 atom stereocenters. The third-order valence-corrected chi connectivity index (χ3v) is 8.02. The average molecular weight is 542 g/mol. The second kappa shape index (κ2) is 9.47. The van der Waals surface area contributed by atoms with E-state index in [0.717, 1.165) is 51.9 Å². The normalized spacial score (nSPS) is 18.7. The number of carbonyl (C=O) groups excluding carboxylic acids is 1. The van der Waals surface area contributed by atoms with Gasteiger partial charge in [-0.1, -0.05) is 42.2 Å². The highest BCUT2D eigenvalue weighted by molar-refractivity contribution is 8.26. The molecule has 1 N–H and O–H groups in total. The third kappa shape index (κ3) is 4.96. The highest BCUT2D eigenvalue weighted by Gasteiger charge is 2.33. The van der Waals surface area contributed by atoms with Crippen molar-refractivity contribution in [2.45, 2.75) is 26.4 Å². The van der Waals surface area contributed by atoms with E-state index in [1.807, 2.05) is 56.4 Å². The summed E-state index contributed by atoms with van der Waals surface area (Å²) >= 11 is 6.40. The predicted molar refractivity (Wildman–Crippen MR) is 144 cm³/mol. The Balaban J connectivity index is 1.57. The number of carbonyl (C=O) groups is 1. The van der Waals surface area contributed by atoms with E-state index in [1.54, 1.807) is 10.8 Å². The standard InChI is InChI=1S/C25H23N3O5S3/c1-15-10-17(12-18-11-16(2)33-23(15)18)22-19(14-28(26-22)20-6-4-3-5-7-20)13-21-24(29)27(25(34)35-21)8-9-36(30,31)32/h3-7,10,12-14,16H,8-9,11H2,1-2H3,(H,30,31,32). The lowest BCUT2D eigenvalue weighted by atomic mass is 9.99. The summed E-state index contributed by atoms with van der Waals surface area (Å²) in [5.41, 5.74) is 5.34. The molecule has 1 aromatic heterocycles. The van der Waals surface area contributed by atoms with Gasteiger partial charge in [0.05, 0.1) is 16.3 Å². The first-order valence-corrected chi connectivity index (χ1v) is 14.1. The highest BCUT2D eigenvalue weighted by atomic mass is 32.2. The fourth-order valence-corrected chi connectivity index (χ4v) is 6.04. The van der Waals surface area contributed by atoms with E-state index in [4.69, 9.17) is 26.6 Å². The topological polar surface area (TPSA) is 102 Å². The molecule has 2 aliphatic heterocycles. The lowest BCUT2D eigenvalue weighted by Crippen LogP contribution is -2.32. The van der Waals surface area contributed by atoms with Gasteiger partial charge in [-0.2, -0.15) is 13.5 Å². The molecule has 186 valence electrons. The molecule has 3 aromatic rings. The second-order valence-corrected chi connectivity index (χ2v) is 12.0. The minimum absolute atomic E-state index is 0.111. The monoisotopic (exact) mass is 541 g/mol. The third-order valence-electron chi connectivity index (χ3n) is 5.95. The molecular weight excluding hydrogens is 518 g/mol.